The van der Waals surface area contributed by atoms with Gasteiger partial charge in [-0.3, -0.25) is 0 Å². The first-order chi connectivity index (χ1) is 7.07. The van der Waals surface area contributed by atoms with Crippen LogP contribution in [-0.2, 0) is 21.4 Å². The number of ether oxygens (including phenoxy) is 2. The topological polar surface area (TPSA) is 18.5 Å². The first-order valence-corrected chi connectivity index (χ1v) is 6.02. The van der Waals surface area contributed by atoms with Gasteiger partial charge in [0, 0.05) is 12.4 Å². The van der Waals surface area contributed by atoms with Gasteiger partial charge in [-0.15, -0.1) is 0 Å². The highest BCUT2D eigenvalue weighted by Crippen LogP contribution is 2.14. The van der Waals surface area contributed by atoms with Gasteiger partial charge >= 0.3 is 0 Å². The maximum Gasteiger partial charge on any atom is 0.162 e. The van der Waals surface area contributed by atoms with Crippen LogP contribution in [0.4, 0.5) is 0 Å². The van der Waals surface area contributed by atoms with Crippen LogP contribution in [0.3, 0.4) is 0 Å². The number of halogens is 1. The van der Waals surface area contributed by atoms with Crippen molar-refractivity contribution in [2.45, 2.75) is 31.6 Å². The monoisotopic (exact) mass is 272 g/mol. The van der Waals surface area contributed by atoms with Crippen molar-refractivity contribution in [3.8, 4) is 0 Å². The van der Waals surface area contributed by atoms with E-state index in [1.807, 2.05) is 13.8 Å². The van der Waals surface area contributed by atoms with Crippen LogP contribution in [-0.4, -0.2) is 12.9 Å². The van der Waals surface area contributed by atoms with Crippen molar-refractivity contribution >= 4 is 15.9 Å². The van der Waals surface area contributed by atoms with Crippen LogP contribution < -0.4 is 0 Å². The minimum atomic E-state index is -0.520. The van der Waals surface area contributed by atoms with Crippen LogP contribution in [0.25, 0.3) is 0 Å². The summed E-state index contributed by atoms with van der Waals surface area (Å²) in [4.78, 5) is 0. The SMILES string of the molecule is COC(C)(C)OCc1ccc(CBr)cc1. The zero-order chi connectivity index (χ0) is 11.3. The molecule has 2 nitrogen and oxygen atoms in total. The average molecular weight is 273 g/mol. The summed E-state index contributed by atoms with van der Waals surface area (Å²) >= 11 is 3.41. The van der Waals surface area contributed by atoms with Gasteiger partial charge in [0.15, 0.2) is 5.79 Å². The van der Waals surface area contributed by atoms with Crippen molar-refractivity contribution in [2.75, 3.05) is 7.11 Å². The third-order valence-corrected chi connectivity index (χ3v) is 2.90. The Kier molecular flexibility index (Phi) is 4.77. The summed E-state index contributed by atoms with van der Waals surface area (Å²) in [5, 5.41) is 0.887. The molecule has 0 unspecified atom stereocenters. The first kappa shape index (κ1) is 12.7. The molecule has 0 radical (unpaired) electrons. The Morgan fingerprint density at radius 1 is 1.13 bits per heavy atom. The Morgan fingerprint density at radius 3 is 2.13 bits per heavy atom. The molecule has 1 aromatic rings. The second-order valence-electron chi connectivity index (χ2n) is 3.84. The molecule has 0 aliphatic heterocycles. The normalized spacial score (nSPS) is 11.7. The Balaban J connectivity index is 2.51. The molecular formula is C12H17BrO2. The number of methoxy groups -OCH3 is 1. The number of rotatable bonds is 5. The summed E-state index contributed by atoms with van der Waals surface area (Å²) in [5.74, 6) is -0.520. The van der Waals surface area contributed by atoms with E-state index in [0.29, 0.717) is 6.61 Å². The molecule has 15 heavy (non-hydrogen) atoms. The lowest BCUT2D eigenvalue weighted by molar-refractivity contribution is -0.204. The summed E-state index contributed by atoms with van der Waals surface area (Å²) in [6.45, 7) is 4.38. The quantitative estimate of drug-likeness (QED) is 0.604. The largest absolute Gasteiger partial charge is 0.354 e. The molecule has 0 aliphatic rings. The summed E-state index contributed by atoms with van der Waals surface area (Å²) in [6.07, 6.45) is 0. The number of alkyl halides is 1. The highest BCUT2D eigenvalue weighted by molar-refractivity contribution is 9.08. The van der Waals surface area contributed by atoms with Gasteiger partial charge in [0.05, 0.1) is 6.61 Å². The van der Waals surface area contributed by atoms with E-state index in [0.717, 1.165) is 10.9 Å². The van der Waals surface area contributed by atoms with Crippen molar-refractivity contribution < 1.29 is 9.47 Å². The Morgan fingerprint density at radius 2 is 1.67 bits per heavy atom. The van der Waals surface area contributed by atoms with Gasteiger partial charge in [0.25, 0.3) is 0 Å². The van der Waals surface area contributed by atoms with Crippen molar-refractivity contribution in [1.82, 2.24) is 0 Å². The second-order valence-corrected chi connectivity index (χ2v) is 4.40. The fraction of sp³-hybridized carbons (Fsp3) is 0.500. The fourth-order valence-electron chi connectivity index (χ4n) is 1.04. The third kappa shape index (κ3) is 4.33. The molecule has 84 valence electrons. The number of hydrogen-bond donors (Lipinski definition) is 0. The van der Waals surface area contributed by atoms with Gasteiger partial charge in [-0.25, -0.2) is 0 Å². The van der Waals surface area contributed by atoms with Gasteiger partial charge < -0.3 is 9.47 Å². The molecule has 0 amide bonds. The molecule has 0 saturated carbocycles. The zero-order valence-electron chi connectivity index (χ0n) is 9.42. The van der Waals surface area contributed by atoms with Crippen LogP contribution in [0.5, 0.6) is 0 Å². The molecule has 3 heteroatoms. The van der Waals surface area contributed by atoms with E-state index in [2.05, 4.69) is 40.2 Å². The average Bonchev–Trinajstić information content (AvgIpc) is 2.27. The van der Waals surface area contributed by atoms with Gasteiger partial charge in [-0.05, 0) is 25.0 Å². The molecular weight excluding hydrogens is 256 g/mol. The van der Waals surface area contributed by atoms with Crippen LogP contribution in [0.2, 0.25) is 0 Å². The summed E-state index contributed by atoms with van der Waals surface area (Å²) in [5.41, 5.74) is 2.43. The summed E-state index contributed by atoms with van der Waals surface area (Å²) < 4.78 is 10.8. The van der Waals surface area contributed by atoms with Crippen LogP contribution in [0, 0.1) is 0 Å². The molecule has 1 rings (SSSR count). The molecule has 0 heterocycles. The molecule has 0 fully saturated rings. The lowest BCUT2D eigenvalue weighted by atomic mass is 10.2. The van der Waals surface area contributed by atoms with Gasteiger partial charge in [-0.2, -0.15) is 0 Å². The van der Waals surface area contributed by atoms with E-state index in [4.69, 9.17) is 9.47 Å². The standard InChI is InChI=1S/C12H17BrO2/c1-12(2,14-3)15-9-11-6-4-10(8-13)5-7-11/h4-7H,8-9H2,1-3H3. The highest BCUT2D eigenvalue weighted by atomic mass is 79.9. The third-order valence-electron chi connectivity index (χ3n) is 2.26. The first-order valence-electron chi connectivity index (χ1n) is 4.90. The second kappa shape index (κ2) is 5.64. The van der Waals surface area contributed by atoms with E-state index in [-0.39, 0.29) is 0 Å². The van der Waals surface area contributed by atoms with Crippen molar-refractivity contribution in [3.63, 3.8) is 0 Å². The van der Waals surface area contributed by atoms with Gasteiger partial charge in [0.1, 0.15) is 0 Å². The van der Waals surface area contributed by atoms with Crippen molar-refractivity contribution in [2.24, 2.45) is 0 Å². The van der Waals surface area contributed by atoms with E-state index in [1.165, 1.54) is 5.56 Å². The maximum atomic E-state index is 5.60. The Hall–Kier alpha value is -0.380. The predicted octanol–water partition coefficient (Wildman–Crippen LogP) is 3.48. The molecule has 0 atom stereocenters. The molecule has 0 spiro atoms. The van der Waals surface area contributed by atoms with Gasteiger partial charge in [0.2, 0.25) is 0 Å². The molecule has 0 saturated heterocycles. The van der Waals surface area contributed by atoms with Crippen LogP contribution >= 0.6 is 15.9 Å². The van der Waals surface area contributed by atoms with E-state index in [9.17, 15) is 0 Å². The molecule has 0 aromatic heterocycles. The number of hydrogen-bond acceptors (Lipinski definition) is 2. The lowest BCUT2D eigenvalue weighted by Crippen LogP contribution is -2.26. The van der Waals surface area contributed by atoms with Gasteiger partial charge in [-0.1, -0.05) is 40.2 Å². The van der Waals surface area contributed by atoms with Crippen molar-refractivity contribution in [1.29, 1.82) is 0 Å². The highest BCUT2D eigenvalue weighted by Gasteiger charge is 2.16. The minimum Gasteiger partial charge on any atom is -0.354 e. The number of benzene rings is 1. The zero-order valence-corrected chi connectivity index (χ0v) is 11.0. The molecule has 0 N–H and O–H groups in total. The van der Waals surface area contributed by atoms with E-state index < -0.39 is 5.79 Å². The molecule has 0 bridgehead atoms. The maximum absolute atomic E-state index is 5.60. The summed E-state index contributed by atoms with van der Waals surface area (Å²) in [6, 6.07) is 8.32. The van der Waals surface area contributed by atoms with E-state index in [1.54, 1.807) is 7.11 Å². The summed E-state index contributed by atoms with van der Waals surface area (Å²) in [7, 11) is 1.65. The predicted molar refractivity (Wildman–Crippen MR) is 65.0 cm³/mol. The fourth-order valence-corrected chi connectivity index (χ4v) is 1.41. The smallest absolute Gasteiger partial charge is 0.162 e. The lowest BCUT2D eigenvalue weighted by Gasteiger charge is -2.23. The molecule has 1 aromatic carbocycles. The Labute approximate surface area is 99.7 Å². The Bertz CT molecular complexity index is 293. The molecule has 0 aliphatic carbocycles. The minimum absolute atomic E-state index is 0.520. The van der Waals surface area contributed by atoms with Crippen LogP contribution in [0.1, 0.15) is 25.0 Å². The van der Waals surface area contributed by atoms with E-state index >= 15 is 0 Å². The van der Waals surface area contributed by atoms with Crippen LogP contribution in [0.15, 0.2) is 24.3 Å². The van der Waals surface area contributed by atoms with Crippen molar-refractivity contribution in [3.05, 3.63) is 35.4 Å².